The highest BCUT2D eigenvalue weighted by molar-refractivity contribution is 7.19. The Hall–Kier alpha value is -5.56. The summed E-state index contributed by atoms with van der Waals surface area (Å²) in [5.74, 6) is 1.77. The van der Waals surface area contributed by atoms with Crippen molar-refractivity contribution in [3.8, 4) is 76.5 Å². The molecular weight excluding hydrogens is 857 g/mol. The van der Waals surface area contributed by atoms with E-state index in [9.17, 15) is 0 Å². The fourth-order valence-corrected chi connectivity index (χ4v) is 12.8. The lowest BCUT2D eigenvalue weighted by atomic mass is 9.70. The van der Waals surface area contributed by atoms with Crippen LogP contribution in [0.5, 0.6) is 11.5 Å². The second kappa shape index (κ2) is 21.2. The Bertz CT molecular complexity index is 2930. The molecule has 4 nitrogen and oxygen atoms in total. The average molecular weight is 923 g/mol. The number of aryl methyl sites for hydroxylation is 2. The summed E-state index contributed by atoms with van der Waals surface area (Å²) < 4.78 is 12.1. The first kappa shape index (κ1) is 46.5. The van der Waals surface area contributed by atoms with Gasteiger partial charge in [0.25, 0.3) is 0 Å². The zero-order valence-electron chi connectivity index (χ0n) is 40.5. The number of hydrogen-bond acceptors (Lipinski definition) is 6. The monoisotopic (exact) mass is 922 g/mol. The Morgan fingerprint density at radius 2 is 0.940 bits per heavy atom. The predicted molar refractivity (Wildman–Crippen MR) is 287 cm³/mol. The number of thiophene rings is 2. The molecule has 1 aliphatic carbocycles. The minimum Gasteiger partial charge on any atom is -0.496 e. The molecule has 1 aliphatic rings. The Morgan fingerprint density at radius 1 is 0.463 bits per heavy atom. The van der Waals surface area contributed by atoms with Gasteiger partial charge in [0, 0.05) is 42.3 Å². The van der Waals surface area contributed by atoms with E-state index in [1.54, 1.807) is 35.3 Å². The van der Waals surface area contributed by atoms with E-state index in [1.807, 2.05) is 7.11 Å². The summed E-state index contributed by atoms with van der Waals surface area (Å²) in [6.07, 6.45) is 18.0. The van der Waals surface area contributed by atoms with E-state index in [0.29, 0.717) is 0 Å². The number of aromatic nitrogens is 2. The number of methoxy groups -OCH3 is 2. The molecule has 0 aliphatic heterocycles. The molecule has 0 unspecified atom stereocenters. The van der Waals surface area contributed by atoms with Crippen LogP contribution < -0.4 is 9.47 Å². The van der Waals surface area contributed by atoms with Crippen LogP contribution >= 0.6 is 22.7 Å². The van der Waals surface area contributed by atoms with Crippen LogP contribution in [0.15, 0.2) is 121 Å². The molecule has 0 saturated carbocycles. The molecule has 0 spiro atoms. The molecule has 9 rings (SSSR count). The summed E-state index contributed by atoms with van der Waals surface area (Å²) in [5, 5.41) is 0. The third kappa shape index (κ3) is 9.50. The van der Waals surface area contributed by atoms with Crippen molar-refractivity contribution in [2.75, 3.05) is 14.2 Å². The maximum Gasteiger partial charge on any atom is 0.138 e. The van der Waals surface area contributed by atoms with Crippen molar-refractivity contribution in [2.45, 2.75) is 123 Å². The first-order chi connectivity index (χ1) is 32.9. The Morgan fingerprint density at radius 3 is 1.48 bits per heavy atom. The van der Waals surface area contributed by atoms with Gasteiger partial charge in [-0.3, -0.25) is 0 Å². The molecule has 0 atom stereocenters. The molecule has 5 aromatic carbocycles. The number of benzene rings is 5. The lowest BCUT2D eigenvalue weighted by Gasteiger charge is -2.33. The number of hydrogen-bond donors (Lipinski definition) is 0. The smallest absolute Gasteiger partial charge is 0.138 e. The van der Waals surface area contributed by atoms with Crippen molar-refractivity contribution in [3.63, 3.8) is 0 Å². The van der Waals surface area contributed by atoms with Crippen LogP contribution in [0.4, 0.5) is 0 Å². The van der Waals surface area contributed by atoms with Gasteiger partial charge in [0.2, 0.25) is 0 Å². The van der Waals surface area contributed by atoms with Gasteiger partial charge in [-0.15, -0.1) is 22.7 Å². The van der Waals surface area contributed by atoms with E-state index >= 15 is 0 Å². The fraction of sp³-hybridized carbons (Fsp3) is 0.344. The van der Waals surface area contributed by atoms with Gasteiger partial charge < -0.3 is 9.47 Å². The van der Waals surface area contributed by atoms with E-state index in [2.05, 4.69) is 149 Å². The van der Waals surface area contributed by atoms with Crippen molar-refractivity contribution in [1.82, 2.24) is 9.97 Å². The van der Waals surface area contributed by atoms with Crippen LogP contribution in [-0.4, -0.2) is 24.2 Å². The SMILES string of the molecule is CCCCCCCCC1(CCCCCCCC)c2cc(C)ccc2-c2ccc(-c3sc(-c4ccc(-c5cc(OC)c(C)s5)c5nc(-c6ccccc6)c(-c6ccccc6)nc45)cc3OC)cc21. The maximum absolute atomic E-state index is 6.34. The molecule has 0 saturated heterocycles. The maximum atomic E-state index is 6.34. The highest BCUT2D eigenvalue weighted by Gasteiger charge is 2.42. The zero-order valence-corrected chi connectivity index (χ0v) is 42.1. The molecule has 0 N–H and O–H groups in total. The van der Waals surface area contributed by atoms with E-state index in [4.69, 9.17) is 19.4 Å². The van der Waals surface area contributed by atoms with Gasteiger partial charge in [0.15, 0.2) is 0 Å². The average Bonchev–Trinajstić information content (AvgIpc) is 4.05. The van der Waals surface area contributed by atoms with Crippen LogP contribution in [0.3, 0.4) is 0 Å². The minimum atomic E-state index is -0.00964. The molecule has 0 bridgehead atoms. The lowest BCUT2D eigenvalue weighted by Crippen LogP contribution is -2.25. The van der Waals surface area contributed by atoms with Gasteiger partial charge in [0.05, 0.1) is 41.5 Å². The van der Waals surface area contributed by atoms with E-state index in [-0.39, 0.29) is 5.41 Å². The third-order valence-corrected chi connectivity index (χ3v) is 16.4. The van der Waals surface area contributed by atoms with Gasteiger partial charge in [-0.05, 0) is 72.7 Å². The minimum absolute atomic E-state index is 0.00964. The molecule has 0 amide bonds. The third-order valence-electron chi connectivity index (χ3n) is 14.2. The van der Waals surface area contributed by atoms with Crippen LogP contribution in [0.25, 0.3) is 76.0 Å². The van der Waals surface area contributed by atoms with Crippen molar-refractivity contribution < 1.29 is 9.47 Å². The number of ether oxygens (including phenoxy) is 2. The molecule has 0 fully saturated rings. The normalized spacial score (nSPS) is 12.7. The molecule has 344 valence electrons. The number of rotatable bonds is 21. The van der Waals surface area contributed by atoms with E-state index in [1.165, 1.54) is 118 Å². The highest BCUT2D eigenvalue weighted by atomic mass is 32.1. The summed E-state index contributed by atoms with van der Waals surface area (Å²) in [6, 6.07) is 44.4. The summed E-state index contributed by atoms with van der Waals surface area (Å²) in [6.45, 7) is 9.02. The summed E-state index contributed by atoms with van der Waals surface area (Å²) >= 11 is 3.53. The highest BCUT2D eigenvalue weighted by Crippen LogP contribution is 2.56. The Kier molecular flexibility index (Phi) is 14.7. The topological polar surface area (TPSA) is 44.2 Å². The van der Waals surface area contributed by atoms with Crippen LogP contribution in [0.2, 0.25) is 0 Å². The van der Waals surface area contributed by atoms with E-state index < -0.39 is 0 Å². The molecule has 3 aromatic heterocycles. The Balaban J connectivity index is 1.19. The van der Waals surface area contributed by atoms with Gasteiger partial charge in [-0.25, -0.2) is 9.97 Å². The lowest BCUT2D eigenvalue weighted by molar-refractivity contribution is 0.397. The number of nitrogens with zero attached hydrogens (tertiary/aromatic N) is 2. The predicted octanol–water partition coefficient (Wildman–Crippen LogP) is 18.5. The number of fused-ring (bicyclic) bond motifs is 4. The molecule has 8 aromatic rings. The molecular formula is C61H66N2O2S2. The van der Waals surface area contributed by atoms with Gasteiger partial charge in [0.1, 0.15) is 11.5 Å². The second-order valence-corrected chi connectivity index (χ2v) is 21.0. The zero-order chi connectivity index (χ0) is 46.3. The van der Waals surface area contributed by atoms with Crippen LogP contribution in [-0.2, 0) is 5.41 Å². The molecule has 6 heteroatoms. The second-order valence-electron chi connectivity index (χ2n) is 18.7. The van der Waals surface area contributed by atoms with Crippen molar-refractivity contribution in [2.24, 2.45) is 0 Å². The van der Waals surface area contributed by atoms with Crippen molar-refractivity contribution in [3.05, 3.63) is 143 Å². The van der Waals surface area contributed by atoms with Crippen molar-refractivity contribution >= 4 is 33.7 Å². The quantitative estimate of drug-likeness (QED) is 0.0674. The number of unbranched alkanes of at least 4 members (excludes halogenated alkanes) is 10. The van der Waals surface area contributed by atoms with E-state index in [0.717, 1.165) is 75.7 Å². The van der Waals surface area contributed by atoms with Crippen molar-refractivity contribution in [1.29, 1.82) is 0 Å². The van der Waals surface area contributed by atoms with Gasteiger partial charge >= 0.3 is 0 Å². The molecule has 0 radical (unpaired) electrons. The summed E-state index contributed by atoms with van der Waals surface area (Å²) in [4.78, 5) is 15.7. The van der Waals surface area contributed by atoms with Gasteiger partial charge in [-0.2, -0.15) is 0 Å². The molecule has 3 heterocycles. The standard InChI is InChI=1S/C61H66N2O2S2/c1-7-9-11-13-15-23-35-61(36-24-16-14-12-10-8-2)50-37-41(3)29-31-46(50)47-32-30-45(38-51(47)61)60-53(65-6)40-55(67-60)49-34-33-48(54-39-52(64-5)42(4)66-54)58-59(49)63-57(44-27-21-18-22-28-44)56(62-58)43-25-19-17-20-26-43/h17-22,25-34,37-40H,7-16,23-24,35-36H2,1-6H3. The first-order valence-corrected chi connectivity index (χ1v) is 26.6. The van der Waals surface area contributed by atoms with Gasteiger partial charge in [-0.1, -0.05) is 200 Å². The fourth-order valence-electron chi connectivity index (χ4n) is 10.6. The Labute approximate surface area is 407 Å². The van der Waals surface area contributed by atoms with Crippen LogP contribution in [0, 0.1) is 13.8 Å². The summed E-state index contributed by atoms with van der Waals surface area (Å²) in [7, 11) is 3.56. The summed E-state index contributed by atoms with van der Waals surface area (Å²) in [5.41, 5.74) is 16.1. The molecule has 67 heavy (non-hydrogen) atoms. The van der Waals surface area contributed by atoms with Crippen LogP contribution in [0.1, 0.15) is 125 Å². The largest absolute Gasteiger partial charge is 0.496 e. The first-order valence-electron chi connectivity index (χ1n) is 24.9.